The fraction of sp³-hybridized carbons (Fsp3) is 0.750. The molecular formula is C8H12ClN3O. The van der Waals surface area contributed by atoms with Crippen molar-refractivity contribution in [2.24, 2.45) is 0 Å². The molecule has 1 aliphatic rings. The molecule has 13 heavy (non-hydrogen) atoms. The monoisotopic (exact) mass is 201 g/mol. The number of ether oxygens (including phenoxy) is 1. The van der Waals surface area contributed by atoms with Gasteiger partial charge >= 0.3 is 0 Å². The molecule has 2 heterocycles. The van der Waals surface area contributed by atoms with E-state index in [1.165, 1.54) is 0 Å². The zero-order valence-electron chi connectivity index (χ0n) is 7.32. The smallest absolute Gasteiger partial charge is 0.0974 e. The quantitative estimate of drug-likeness (QED) is 0.679. The van der Waals surface area contributed by atoms with E-state index in [0.717, 1.165) is 31.7 Å². The Kier molecular flexibility index (Phi) is 2.80. The molecule has 0 aromatic carbocycles. The SMILES string of the molecule is ClCc1cn(C2CCOCC2)nn1. The van der Waals surface area contributed by atoms with E-state index in [0.29, 0.717) is 11.9 Å². The van der Waals surface area contributed by atoms with Crippen LogP contribution in [0, 0.1) is 0 Å². The summed E-state index contributed by atoms with van der Waals surface area (Å²) in [5, 5.41) is 7.99. The molecule has 0 saturated carbocycles. The molecule has 0 atom stereocenters. The summed E-state index contributed by atoms with van der Waals surface area (Å²) in [4.78, 5) is 0. The van der Waals surface area contributed by atoms with Crippen molar-refractivity contribution < 1.29 is 4.74 Å². The van der Waals surface area contributed by atoms with Crippen LogP contribution in [0.3, 0.4) is 0 Å². The number of hydrogen-bond acceptors (Lipinski definition) is 3. The Morgan fingerprint density at radius 1 is 1.54 bits per heavy atom. The molecule has 1 aromatic heterocycles. The van der Waals surface area contributed by atoms with Crippen LogP contribution in [0.2, 0.25) is 0 Å². The van der Waals surface area contributed by atoms with E-state index in [1.54, 1.807) is 0 Å². The molecule has 0 bridgehead atoms. The van der Waals surface area contributed by atoms with Crippen molar-refractivity contribution >= 4 is 11.6 Å². The van der Waals surface area contributed by atoms with Gasteiger partial charge in [-0.25, -0.2) is 4.68 Å². The van der Waals surface area contributed by atoms with Crippen molar-refractivity contribution in [2.45, 2.75) is 24.8 Å². The van der Waals surface area contributed by atoms with Gasteiger partial charge in [0, 0.05) is 19.4 Å². The van der Waals surface area contributed by atoms with Gasteiger partial charge in [0.2, 0.25) is 0 Å². The first kappa shape index (κ1) is 8.97. The van der Waals surface area contributed by atoms with Crippen LogP contribution in [-0.2, 0) is 10.6 Å². The maximum absolute atomic E-state index is 5.64. The van der Waals surface area contributed by atoms with E-state index in [1.807, 2.05) is 10.9 Å². The zero-order valence-corrected chi connectivity index (χ0v) is 8.07. The lowest BCUT2D eigenvalue weighted by Gasteiger charge is -2.21. The standard InChI is InChI=1S/C8H12ClN3O/c9-5-7-6-12(11-10-7)8-1-3-13-4-2-8/h6,8H,1-5H2. The van der Waals surface area contributed by atoms with Crippen LogP contribution < -0.4 is 0 Å². The van der Waals surface area contributed by atoms with E-state index < -0.39 is 0 Å². The minimum absolute atomic E-state index is 0.434. The molecule has 0 radical (unpaired) electrons. The lowest BCUT2D eigenvalue weighted by molar-refractivity contribution is 0.0657. The zero-order chi connectivity index (χ0) is 9.10. The Labute approximate surface area is 81.8 Å². The van der Waals surface area contributed by atoms with Crippen molar-refractivity contribution in [2.75, 3.05) is 13.2 Å². The maximum atomic E-state index is 5.64. The van der Waals surface area contributed by atoms with Gasteiger partial charge in [-0.05, 0) is 12.8 Å². The Balaban J connectivity index is 2.05. The lowest BCUT2D eigenvalue weighted by atomic mass is 10.1. The first-order chi connectivity index (χ1) is 6.40. The van der Waals surface area contributed by atoms with Gasteiger partial charge < -0.3 is 4.74 Å². The molecule has 1 aliphatic heterocycles. The normalized spacial score (nSPS) is 19.2. The molecule has 4 nitrogen and oxygen atoms in total. The van der Waals surface area contributed by atoms with Crippen LogP contribution in [0.1, 0.15) is 24.6 Å². The Bertz CT molecular complexity index is 270. The number of aromatic nitrogens is 3. The Morgan fingerprint density at radius 2 is 2.31 bits per heavy atom. The number of alkyl halides is 1. The molecule has 0 unspecified atom stereocenters. The van der Waals surface area contributed by atoms with E-state index in [2.05, 4.69) is 10.3 Å². The van der Waals surface area contributed by atoms with Crippen molar-refractivity contribution in [3.8, 4) is 0 Å². The van der Waals surface area contributed by atoms with Crippen LogP contribution in [0.25, 0.3) is 0 Å². The van der Waals surface area contributed by atoms with Crippen LogP contribution in [0.4, 0.5) is 0 Å². The largest absolute Gasteiger partial charge is 0.381 e. The summed E-state index contributed by atoms with van der Waals surface area (Å²) < 4.78 is 7.17. The van der Waals surface area contributed by atoms with Gasteiger partial charge in [0.25, 0.3) is 0 Å². The van der Waals surface area contributed by atoms with E-state index >= 15 is 0 Å². The van der Waals surface area contributed by atoms with Gasteiger partial charge in [-0.2, -0.15) is 0 Å². The molecule has 0 aliphatic carbocycles. The average Bonchev–Trinajstić information content (AvgIpc) is 2.67. The van der Waals surface area contributed by atoms with E-state index in [-0.39, 0.29) is 0 Å². The second-order valence-electron chi connectivity index (χ2n) is 3.17. The highest BCUT2D eigenvalue weighted by Crippen LogP contribution is 2.19. The van der Waals surface area contributed by atoms with Crippen LogP contribution in [-0.4, -0.2) is 28.2 Å². The average molecular weight is 202 g/mol. The predicted molar refractivity (Wildman–Crippen MR) is 48.7 cm³/mol. The summed E-state index contributed by atoms with van der Waals surface area (Å²) in [5.41, 5.74) is 0.841. The first-order valence-electron chi connectivity index (χ1n) is 4.44. The second-order valence-corrected chi connectivity index (χ2v) is 3.43. The van der Waals surface area contributed by atoms with Gasteiger partial charge in [-0.3, -0.25) is 0 Å². The third-order valence-corrected chi connectivity index (χ3v) is 2.53. The number of rotatable bonds is 2. The molecule has 0 spiro atoms. The molecule has 1 saturated heterocycles. The van der Waals surface area contributed by atoms with Crippen molar-refractivity contribution in [3.05, 3.63) is 11.9 Å². The maximum Gasteiger partial charge on any atom is 0.0974 e. The van der Waals surface area contributed by atoms with Crippen molar-refractivity contribution in [3.63, 3.8) is 0 Å². The van der Waals surface area contributed by atoms with Crippen LogP contribution >= 0.6 is 11.6 Å². The highest BCUT2D eigenvalue weighted by Gasteiger charge is 2.16. The van der Waals surface area contributed by atoms with Gasteiger partial charge in [0.1, 0.15) is 0 Å². The third kappa shape index (κ3) is 2.00. The van der Waals surface area contributed by atoms with Gasteiger partial charge in [-0.1, -0.05) is 5.21 Å². The predicted octanol–water partition coefficient (Wildman–Crippen LogP) is 1.37. The Hall–Kier alpha value is -0.610. The third-order valence-electron chi connectivity index (χ3n) is 2.26. The van der Waals surface area contributed by atoms with Crippen LogP contribution in [0.15, 0.2) is 6.20 Å². The molecular weight excluding hydrogens is 190 g/mol. The molecule has 1 aromatic rings. The lowest BCUT2D eigenvalue weighted by Crippen LogP contribution is -2.19. The summed E-state index contributed by atoms with van der Waals surface area (Å²) >= 11 is 5.64. The fourth-order valence-electron chi connectivity index (χ4n) is 1.50. The van der Waals surface area contributed by atoms with Gasteiger partial charge in [-0.15, -0.1) is 16.7 Å². The molecule has 0 amide bonds. The van der Waals surface area contributed by atoms with Gasteiger partial charge in [0.15, 0.2) is 0 Å². The summed E-state index contributed by atoms with van der Waals surface area (Å²) in [6.45, 7) is 1.64. The molecule has 1 fully saturated rings. The molecule has 5 heteroatoms. The number of hydrogen-bond donors (Lipinski definition) is 0. The molecule has 2 rings (SSSR count). The van der Waals surface area contributed by atoms with E-state index in [4.69, 9.17) is 16.3 Å². The minimum Gasteiger partial charge on any atom is -0.381 e. The minimum atomic E-state index is 0.434. The fourth-order valence-corrected chi connectivity index (χ4v) is 1.63. The second kappa shape index (κ2) is 4.07. The highest BCUT2D eigenvalue weighted by atomic mass is 35.5. The number of halogens is 1. The molecule has 0 N–H and O–H groups in total. The van der Waals surface area contributed by atoms with Crippen LogP contribution in [0.5, 0.6) is 0 Å². The summed E-state index contributed by atoms with van der Waals surface area (Å²) in [7, 11) is 0. The van der Waals surface area contributed by atoms with E-state index in [9.17, 15) is 0 Å². The highest BCUT2D eigenvalue weighted by molar-refractivity contribution is 6.16. The summed E-state index contributed by atoms with van der Waals surface area (Å²) in [5.74, 6) is 0.434. The molecule has 72 valence electrons. The van der Waals surface area contributed by atoms with Crippen molar-refractivity contribution in [1.82, 2.24) is 15.0 Å². The topological polar surface area (TPSA) is 39.9 Å². The summed E-state index contributed by atoms with van der Waals surface area (Å²) in [6, 6.07) is 0.443. The number of nitrogens with zero attached hydrogens (tertiary/aromatic N) is 3. The summed E-state index contributed by atoms with van der Waals surface area (Å²) in [6.07, 6.45) is 3.96. The van der Waals surface area contributed by atoms with Crippen molar-refractivity contribution in [1.29, 1.82) is 0 Å². The van der Waals surface area contributed by atoms with Gasteiger partial charge in [0.05, 0.1) is 17.6 Å². The Morgan fingerprint density at radius 3 is 2.92 bits per heavy atom. The first-order valence-corrected chi connectivity index (χ1v) is 4.98.